The zero-order chi connectivity index (χ0) is 11.6. The van der Waals surface area contributed by atoms with Gasteiger partial charge in [-0.2, -0.15) is 0 Å². The molecule has 1 saturated heterocycles. The SMILES string of the molecule is CC(CCN)N1CCN(C)C(=O)C1(C)C. The van der Waals surface area contributed by atoms with E-state index in [2.05, 4.69) is 11.8 Å². The Labute approximate surface area is 92.4 Å². The third kappa shape index (κ3) is 2.32. The van der Waals surface area contributed by atoms with Crippen molar-refractivity contribution in [2.45, 2.75) is 38.8 Å². The zero-order valence-corrected chi connectivity index (χ0v) is 10.3. The first kappa shape index (κ1) is 12.5. The molecule has 1 heterocycles. The van der Waals surface area contributed by atoms with Crippen LogP contribution in [0.2, 0.25) is 0 Å². The number of piperazine rings is 1. The van der Waals surface area contributed by atoms with Crippen molar-refractivity contribution in [3.63, 3.8) is 0 Å². The average Bonchev–Trinajstić information content (AvgIpc) is 2.14. The molecule has 0 spiro atoms. The van der Waals surface area contributed by atoms with Crippen LogP contribution in [0.5, 0.6) is 0 Å². The minimum Gasteiger partial charge on any atom is -0.343 e. The maximum Gasteiger partial charge on any atom is 0.242 e. The Hall–Kier alpha value is -0.610. The van der Waals surface area contributed by atoms with Crippen LogP contribution in [0.15, 0.2) is 0 Å². The van der Waals surface area contributed by atoms with Crippen molar-refractivity contribution in [1.29, 1.82) is 0 Å². The molecule has 0 aromatic carbocycles. The molecule has 15 heavy (non-hydrogen) atoms. The Morgan fingerprint density at radius 3 is 2.60 bits per heavy atom. The predicted octanol–water partition coefficient (Wildman–Crippen LogP) is 0.276. The van der Waals surface area contributed by atoms with Crippen LogP contribution < -0.4 is 5.73 Å². The maximum atomic E-state index is 12.0. The highest BCUT2D eigenvalue weighted by molar-refractivity contribution is 5.86. The van der Waals surface area contributed by atoms with E-state index in [1.807, 2.05) is 25.8 Å². The van der Waals surface area contributed by atoms with E-state index >= 15 is 0 Å². The van der Waals surface area contributed by atoms with Gasteiger partial charge in [0.25, 0.3) is 0 Å². The first-order chi connectivity index (χ1) is 6.91. The van der Waals surface area contributed by atoms with Crippen molar-refractivity contribution in [3.05, 3.63) is 0 Å². The summed E-state index contributed by atoms with van der Waals surface area (Å²) < 4.78 is 0. The predicted molar refractivity (Wildman–Crippen MR) is 61.6 cm³/mol. The third-order valence-electron chi connectivity index (χ3n) is 3.38. The van der Waals surface area contributed by atoms with Gasteiger partial charge in [0.1, 0.15) is 0 Å². The van der Waals surface area contributed by atoms with Gasteiger partial charge >= 0.3 is 0 Å². The van der Waals surface area contributed by atoms with Crippen LogP contribution in [0.3, 0.4) is 0 Å². The lowest BCUT2D eigenvalue weighted by Gasteiger charge is -2.47. The van der Waals surface area contributed by atoms with E-state index in [4.69, 9.17) is 5.73 Å². The molecular formula is C11H23N3O. The minimum absolute atomic E-state index is 0.206. The van der Waals surface area contributed by atoms with Crippen molar-refractivity contribution >= 4 is 5.91 Å². The summed E-state index contributed by atoms with van der Waals surface area (Å²) in [6, 6.07) is 0.377. The molecule has 0 bridgehead atoms. The fraction of sp³-hybridized carbons (Fsp3) is 0.909. The summed E-state index contributed by atoms with van der Waals surface area (Å²) in [5.74, 6) is 0.206. The second-order valence-corrected chi connectivity index (χ2v) is 4.91. The molecule has 1 atom stereocenters. The lowest BCUT2D eigenvalue weighted by Crippen LogP contribution is -2.64. The summed E-state index contributed by atoms with van der Waals surface area (Å²) in [6.07, 6.45) is 0.945. The summed E-state index contributed by atoms with van der Waals surface area (Å²) in [4.78, 5) is 16.1. The number of nitrogens with zero attached hydrogens (tertiary/aromatic N) is 2. The summed E-state index contributed by atoms with van der Waals surface area (Å²) in [5.41, 5.74) is 5.18. The van der Waals surface area contributed by atoms with Gasteiger partial charge < -0.3 is 10.6 Å². The standard InChI is InChI=1S/C11H23N3O/c1-9(5-6-12)14-8-7-13(4)10(15)11(14,2)3/h9H,5-8,12H2,1-4H3. The number of carbonyl (C=O) groups is 1. The van der Waals surface area contributed by atoms with E-state index in [0.29, 0.717) is 12.6 Å². The number of likely N-dealkylation sites (N-methyl/N-ethyl adjacent to an activating group) is 1. The van der Waals surface area contributed by atoms with Crippen LogP contribution >= 0.6 is 0 Å². The molecule has 1 aliphatic heterocycles. The normalized spacial score (nSPS) is 24.3. The first-order valence-electron chi connectivity index (χ1n) is 5.63. The van der Waals surface area contributed by atoms with Crippen molar-refractivity contribution in [1.82, 2.24) is 9.80 Å². The molecule has 1 aliphatic rings. The zero-order valence-electron chi connectivity index (χ0n) is 10.3. The van der Waals surface area contributed by atoms with Crippen LogP contribution in [0.4, 0.5) is 0 Å². The molecule has 4 heteroatoms. The molecule has 0 saturated carbocycles. The highest BCUT2D eigenvalue weighted by Gasteiger charge is 2.41. The van der Waals surface area contributed by atoms with Crippen molar-refractivity contribution in [2.24, 2.45) is 5.73 Å². The highest BCUT2D eigenvalue weighted by atomic mass is 16.2. The summed E-state index contributed by atoms with van der Waals surface area (Å²) >= 11 is 0. The Morgan fingerprint density at radius 2 is 2.07 bits per heavy atom. The maximum absolute atomic E-state index is 12.0. The average molecular weight is 213 g/mol. The molecule has 2 N–H and O–H groups in total. The van der Waals surface area contributed by atoms with E-state index < -0.39 is 0 Å². The summed E-state index contributed by atoms with van der Waals surface area (Å²) in [5, 5.41) is 0. The smallest absolute Gasteiger partial charge is 0.242 e. The van der Waals surface area contributed by atoms with Gasteiger partial charge in [0.15, 0.2) is 0 Å². The molecule has 88 valence electrons. The van der Waals surface area contributed by atoms with E-state index in [-0.39, 0.29) is 11.4 Å². The Bertz CT molecular complexity index is 240. The number of carbonyl (C=O) groups excluding carboxylic acids is 1. The Balaban J connectivity index is 2.77. The number of rotatable bonds is 3. The van der Waals surface area contributed by atoms with Crippen LogP contribution in [0.1, 0.15) is 27.2 Å². The molecule has 4 nitrogen and oxygen atoms in total. The number of nitrogens with two attached hydrogens (primary N) is 1. The van der Waals surface area contributed by atoms with Gasteiger partial charge in [-0.05, 0) is 33.7 Å². The van der Waals surface area contributed by atoms with Crippen molar-refractivity contribution in [2.75, 3.05) is 26.7 Å². The quantitative estimate of drug-likeness (QED) is 0.732. The third-order valence-corrected chi connectivity index (χ3v) is 3.38. The molecule has 1 unspecified atom stereocenters. The fourth-order valence-corrected chi connectivity index (χ4v) is 2.40. The van der Waals surface area contributed by atoms with Gasteiger partial charge in [-0.1, -0.05) is 0 Å². The van der Waals surface area contributed by atoms with Gasteiger partial charge in [0.2, 0.25) is 5.91 Å². The van der Waals surface area contributed by atoms with Gasteiger partial charge in [-0.3, -0.25) is 9.69 Å². The molecule has 0 radical (unpaired) electrons. The van der Waals surface area contributed by atoms with Crippen LogP contribution in [-0.2, 0) is 4.79 Å². The topological polar surface area (TPSA) is 49.6 Å². The lowest BCUT2D eigenvalue weighted by atomic mass is 9.95. The van der Waals surface area contributed by atoms with E-state index in [0.717, 1.165) is 19.5 Å². The number of hydrogen-bond acceptors (Lipinski definition) is 3. The molecular weight excluding hydrogens is 190 g/mol. The number of hydrogen-bond donors (Lipinski definition) is 1. The van der Waals surface area contributed by atoms with Gasteiger partial charge in [-0.15, -0.1) is 0 Å². The summed E-state index contributed by atoms with van der Waals surface area (Å²) in [6.45, 7) is 8.58. The lowest BCUT2D eigenvalue weighted by molar-refractivity contribution is -0.149. The van der Waals surface area contributed by atoms with Crippen molar-refractivity contribution < 1.29 is 4.79 Å². The molecule has 0 aliphatic carbocycles. The second-order valence-electron chi connectivity index (χ2n) is 4.91. The van der Waals surface area contributed by atoms with Crippen molar-refractivity contribution in [3.8, 4) is 0 Å². The molecule has 1 rings (SSSR count). The molecule has 0 aromatic heterocycles. The minimum atomic E-state index is -0.387. The van der Waals surface area contributed by atoms with E-state index in [1.54, 1.807) is 0 Å². The number of amides is 1. The van der Waals surface area contributed by atoms with Crippen LogP contribution in [0.25, 0.3) is 0 Å². The monoisotopic (exact) mass is 213 g/mol. The van der Waals surface area contributed by atoms with Gasteiger partial charge in [0, 0.05) is 26.2 Å². The summed E-state index contributed by atoms with van der Waals surface area (Å²) in [7, 11) is 1.87. The van der Waals surface area contributed by atoms with Gasteiger partial charge in [-0.25, -0.2) is 0 Å². The van der Waals surface area contributed by atoms with E-state index in [1.165, 1.54) is 0 Å². The Morgan fingerprint density at radius 1 is 1.47 bits per heavy atom. The van der Waals surface area contributed by atoms with E-state index in [9.17, 15) is 4.79 Å². The van der Waals surface area contributed by atoms with Crippen LogP contribution in [-0.4, -0.2) is 54.0 Å². The largest absolute Gasteiger partial charge is 0.343 e. The molecule has 0 aromatic rings. The second kappa shape index (κ2) is 4.49. The van der Waals surface area contributed by atoms with Crippen LogP contribution in [0, 0.1) is 0 Å². The first-order valence-corrected chi connectivity index (χ1v) is 5.63. The molecule has 1 amide bonds. The fourth-order valence-electron chi connectivity index (χ4n) is 2.40. The van der Waals surface area contributed by atoms with Gasteiger partial charge in [0.05, 0.1) is 5.54 Å². The highest BCUT2D eigenvalue weighted by Crippen LogP contribution is 2.24. The molecule has 1 fully saturated rings. The Kier molecular flexibility index (Phi) is 3.73.